The van der Waals surface area contributed by atoms with Gasteiger partial charge in [-0.1, -0.05) is 24.5 Å². The van der Waals surface area contributed by atoms with Crippen molar-refractivity contribution in [3.63, 3.8) is 0 Å². The van der Waals surface area contributed by atoms with E-state index in [-0.39, 0.29) is 16.2 Å². The molecular formula is C8H9BClFO2. The zero-order valence-electron chi connectivity index (χ0n) is 7.34. The van der Waals surface area contributed by atoms with Crippen molar-refractivity contribution in [3.05, 3.63) is 23.0 Å². The molecular weight excluding hydrogens is 193 g/mol. The monoisotopic (exact) mass is 202 g/mol. The van der Waals surface area contributed by atoms with Crippen LogP contribution in [0.25, 0.3) is 0 Å². The maximum Gasteiger partial charge on any atom is 0.323 e. The number of halogens is 2. The SMILES string of the molecule is COc1c(Cl)ccc(B(C)O)c1F. The van der Waals surface area contributed by atoms with Gasteiger partial charge >= 0.3 is 6.92 Å². The van der Waals surface area contributed by atoms with Gasteiger partial charge in [-0.3, -0.25) is 0 Å². The molecule has 0 saturated heterocycles. The Labute approximate surface area is 81.4 Å². The summed E-state index contributed by atoms with van der Waals surface area (Å²) in [5, 5.41) is 9.38. The molecule has 0 saturated carbocycles. The molecule has 0 fully saturated rings. The van der Waals surface area contributed by atoms with E-state index in [1.165, 1.54) is 26.1 Å². The van der Waals surface area contributed by atoms with Crippen molar-refractivity contribution in [2.75, 3.05) is 7.11 Å². The molecule has 70 valence electrons. The molecule has 1 aromatic carbocycles. The molecule has 0 heterocycles. The van der Waals surface area contributed by atoms with Gasteiger partial charge in [0.25, 0.3) is 0 Å². The van der Waals surface area contributed by atoms with Crippen molar-refractivity contribution in [1.82, 2.24) is 0 Å². The third-order valence-corrected chi connectivity index (χ3v) is 2.03. The van der Waals surface area contributed by atoms with Crippen LogP contribution in [0.1, 0.15) is 0 Å². The highest BCUT2D eigenvalue weighted by molar-refractivity contribution is 6.65. The van der Waals surface area contributed by atoms with E-state index in [9.17, 15) is 9.41 Å². The van der Waals surface area contributed by atoms with Gasteiger partial charge in [0, 0.05) is 0 Å². The van der Waals surface area contributed by atoms with Gasteiger partial charge in [-0.15, -0.1) is 0 Å². The van der Waals surface area contributed by atoms with Gasteiger partial charge < -0.3 is 9.76 Å². The second-order valence-corrected chi connectivity index (χ2v) is 3.07. The fraction of sp³-hybridized carbons (Fsp3) is 0.250. The number of benzene rings is 1. The number of rotatable bonds is 2. The lowest BCUT2D eigenvalue weighted by Crippen LogP contribution is -2.29. The van der Waals surface area contributed by atoms with Crippen LogP contribution >= 0.6 is 11.6 Å². The molecule has 1 rings (SSSR count). The third kappa shape index (κ3) is 1.95. The van der Waals surface area contributed by atoms with Gasteiger partial charge in [0.15, 0.2) is 11.6 Å². The predicted molar refractivity (Wildman–Crippen MR) is 51.4 cm³/mol. The van der Waals surface area contributed by atoms with E-state index >= 15 is 0 Å². The lowest BCUT2D eigenvalue weighted by atomic mass is 9.64. The van der Waals surface area contributed by atoms with Gasteiger partial charge in [-0.25, -0.2) is 4.39 Å². The van der Waals surface area contributed by atoms with Crippen LogP contribution in [0.5, 0.6) is 5.75 Å². The molecule has 0 amide bonds. The van der Waals surface area contributed by atoms with Gasteiger partial charge in [0.1, 0.15) is 0 Å². The first-order valence-electron chi connectivity index (χ1n) is 3.78. The van der Waals surface area contributed by atoms with E-state index < -0.39 is 12.7 Å². The van der Waals surface area contributed by atoms with Gasteiger partial charge in [0.05, 0.1) is 12.1 Å². The summed E-state index contributed by atoms with van der Waals surface area (Å²) >= 11 is 5.66. The number of hydrogen-bond donors (Lipinski definition) is 1. The fourth-order valence-electron chi connectivity index (χ4n) is 1.06. The molecule has 0 aliphatic rings. The Morgan fingerprint density at radius 2 is 2.15 bits per heavy atom. The van der Waals surface area contributed by atoms with Crippen molar-refractivity contribution in [2.45, 2.75) is 6.82 Å². The van der Waals surface area contributed by atoms with Crippen molar-refractivity contribution in [2.24, 2.45) is 0 Å². The standard InChI is InChI=1S/C8H9BClFO2/c1-9(12)5-3-4-6(10)8(13-2)7(5)11/h3-4,12H,1-2H3. The molecule has 0 aliphatic heterocycles. The first-order chi connectivity index (χ1) is 6.07. The van der Waals surface area contributed by atoms with Crippen molar-refractivity contribution in [3.8, 4) is 5.75 Å². The lowest BCUT2D eigenvalue weighted by molar-refractivity contribution is 0.388. The minimum absolute atomic E-state index is 0.0277. The molecule has 1 aromatic rings. The first-order valence-corrected chi connectivity index (χ1v) is 4.15. The molecule has 0 bridgehead atoms. The normalized spacial score (nSPS) is 9.92. The first kappa shape index (κ1) is 10.3. The van der Waals surface area contributed by atoms with E-state index in [0.29, 0.717) is 0 Å². The summed E-state index contributed by atoms with van der Waals surface area (Å²) in [4.78, 5) is 0. The molecule has 0 aliphatic carbocycles. The topological polar surface area (TPSA) is 29.5 Å². The largest absolute Gasteiger partial charge is 0.492 e. The minimum Gasteiger partial charge on any atom is -0.492 e. The summed E-state index contributed by atoms with van der Waals surface area (Å²) in [5.41, 5.74) is 0.182. The van der Waals surface area contributed by atoms with Crippen LogP contribution in [0.4, 0.5) is 4.39 Å². The van der Waals surface area contributed by atoms with Crippen LogP contribution in [-0.4, -0.2) is 19.0 Å². The van der Waals surface area contributed by atoms with Crippen LogP contribution in [0, 0.1) is 5.82 Å². The summed E-state index contributed by atoms with van der Waals surface area (Å²) in [6, 6.07) is 2.93. The Morgan fingerprint density at radius 1 is 1.54 bits per heavy atom. The Hall–Kier alpha value is -0.735. The van der Waals surface area contributed by atoms with Crippen molar-refractivity contribution < 1.29 is 14.2 Å². The Kier molecular flexibility index (Phi) is 3.17. The van der Waals surface area contributed by atoms with Crippen LogP contribution in [0.3, 0.4) is 0 Å². The zero-order valence-corrected chi connectivity index (χ0v) is 8.10. The maximum atomic E-state index is 13.4. The molecule has 0 atom stereocenters. The Morgan fingerprint density at radius 3 is 2.62 bits per heavy atom. The van der Waals surface area contributed by atoms with Crippen LogP contribution < -0.4 is 10.2 Å². The summed E-state index contributed by atoms with van der Waals surface area (Å²) in [5.74, 6) is -0.634. The second-order valence-electron chi connectivity index (χ2n) is 2.66. The smallest absolute Gasteiger partial charge is 0.323 e. The quantitative estimate of drug-likeness (QED) is 0.733. The number of hydrogen-bond acceptors (Lipinski definition) is 2. The lowest BCUT2D eigenvalue weighted by Gasteiger charge is -2.08. The molecule has 0 aromatic heterocycles. The third-order valence-electron chi connectivity index (χ3n) is 1.73. The Balaban J connectivity index is 3.27. The van der Waals surface area contributed by atoms with Gasteiger partial charge in [-0.2, -0.15) is 0 Å². The molecule has 0 unspecified atom stereocenters. The summed E-state index contributed by atoms with van der Waals surface area (Å²) < 4.78 is 18.2. The summed E-state index contributed by atoms with van der Waals surface area (Å²) in [6.45, 7) is 0.609. The average Bonchev–Trinajstić information content (AvgIpc) is 2.04. The number of methoxy groups -OCH3 is 1. The Bertz CT molecular complexity index is 317. The van der Waals surface area contributed by atoms with Crippen molar-refractivity contribution in [1.29, 1.82) is 0 Å². The van der Waals surface area contributed by atoms with E-state index in [1.54, 1.807) is 0 Å². The molecule has 1 N–H and O–H groups in total. The van der Waals surface area contributed by atoms with Crippen molar-refractivity contribution >= 4 is 24.0 Å². The van der Waals surface area contributed by atoms with Crippen LogP contribution in [0.15, 0.2) is 12.1 Å². The van der Waals surface area contributed by atoms with E-state index in [4.69, 9.17) is 16.3 Å². The maximum absolute atomic E-state index is 13.4. The van der Waals surface area contributed by atoms with Crippen LogP contribution in [0.2, 0.25) is 11.8 Å². The highest BCUT2D eigenvalue weighted by atomic mass is 35.5. The molecule has 0 radical (unpaired) electrons. The number of ether oxygens (including phenoxy) is 1. The highest BCUT2D eigenvalue weighted by Crippen LogP contribution is 2.25. The average molecular weight is 202 g/mol. The zero-order chi connectivity index (χ0) is 10.0. The summed E-state index contributed by atoms with van der Waals surface area (Å²) in [7, 11) is 1.33. The molecule has 0 spiro atoms. The van der Waals surface area contributed by atoms with Gasteiger partial charge in [-0.05, 0) is 11.5 Å². The summed E-state index contributed by atoms with van der Waals surface area (Å²) in [6.07, 6.45) is 0. The van der Waals surface area contributed by atoms with E-state index in [2.05, 4.69) is 0 Å². The molecule has 2 nitrogen and oxygen atoms in total. The second kappa shape index (κ2) is 3.98. The van der Waals surface area contributed by atoms with E-state index in [0.717, 1.165) is 0 Å². The molecule has 5 heteroatoms. The predicted octanol–water partition coefficient (Wildman–Crippen LogP) is 1.31. The van der Waals surface area contributed by atoms with Crippen LogP contribution in [-0.2, 0) is 0 Å². The highest BCUT2D eigenvalue weighted by Gasteiger charge is 2.18. The molecule has 13 heavy (non-hydrogen) atoms. The van der Waals surface area contributed by atoms with E-state index in [1.807, 2.05) is 0 Å². The van der Waals surface area contributed by atoms with Gasteiger partial charge in [0.2, 0.25) is 0 Å². The minimum atomic E-state index is -0.869. The fourth-order valence-corrected chi connectivity index (χ4v) is 1.28.